The zero-order valence-electron chi connectivity index (χ0n) is 17.3. The fourth-order valence-electron chi connectivity index (χ4n) is 2.90. The highest BCUT2D eigenvalue weighted by molar-refractivity contribution is 8.01. The number of esters is 2. The first kappa shape index (κ1) is 21.6. The number of thioether (sulfide) groups is 1. The van der Waals surface area contributed by atoms with Crippen molar-refractivity contribution in [2.45, 2.75) is 75.5 Å². The van der Waals surface area contributed by atoms with E-state index in [1.165, 1.54) is 11.8 Å². The van der Waals surface area contributed by atoms with Crippen LogP contribution in [0.2, 0.25) is 0 Å². The molecule has 1 heterocycles. The third-order valence-corrected chi connectivity index (χ3v) is 5.62. The lowest BCUT2D eigenvalue weighted by atomic mass is 9.77. The number of carbonyl (C=O) groups excluding carboxylic acids is 2. The minimum Gasteiger partial charge on any atom is -0.492 e. The molecule has 27 heavy (non-hydrogen) atoms. The smallest absolute Gasteiger partial charge is 0.321 e. The molecule has 0 aromatic heterocycles. The highest BCUT2D eigenvalue weighted by atomic mass is 32.2. The summed E-state index contributed by atoms with van der Waals surface area (Å²) in [5.74, 6) is 0.115. The highest BCUT2D eigenvalue weighted by Crippen LogP contribution is 2.47. The van der Waals surface area contributed by atoms with Crippen molar-refractivity contribution in [1.82, 2.24) is 0 Å². The summed E-state index contributed by atoms with van der Waals surface area (Å²) in [6.07, 6.45) is 0.546. The lowest BCUT2D eigenvalue weighted by Crippen LogP contribution is -2.42. The van der Waals surface area contributed by atoms with E-state index in [-0.39, 0.29) is 11.9 Å². The summed E-state index contributed by atoms with van der Waals surface area (Å²) in [6.45, 7) is 13.7. The van der Waals surface area contributed by atoms with Crippen molar-refractivity contribution >= 4 is 23.7 Å². The van der Waals surface area contributed by atoms with Gasteiger partial charge in [-0.2, -0.15) is 0 Å². The van der Waals surface area contributed by atoms with Gasteiger partial charge in [-0.05, 0) is 54.5 Å². The summed E-state index contributed by atoms with van der Waals surface area (Å²) >= 11 is 1.38. The molecule has 0 bridgehead atoms. The average Bonchev–Trinajstić information content (AvgIpc) is 2.54. The summed E-state index contributed by atoms with van der Waals surface area (Å²) in [6, 6.07) is 5.70. The Balaban J connectivity index is 2.39. The Hall–Kier alpha value is -1.69. The molecule has 1 aromatic carbocycles. The lowest BCUT2D eigenvalue weighted by molar-refractivity contribution is -0.162. The number of rotatable bonds is 5. The molecule has 0 radical (unpaired) electrons. The van der Waals surface area contributed by atoms with E-state index >= 15 is 0 Å². The molecular formula is C21H30O5S. The van der Waals surface area contributed by atoms with Crippen LogP contribution in [-0.2, 0) is 24.5 Å². The zero-order chi connectivity index (χ0) is 20.5. The summed E-state index contributed by atoms with van der Waals surface area (Å²) in [7, 11) is 0. The van der Waals surface area contributed by atoms with E-state index in [1.54, 1.807) is 6.92 Å². The van der Waals surface area contributed by atoms with Gasteiger partial charge in [0.25, 0.3) is 0 Å². The van der Waals surface area contributed by atoms with Crippen molar-refractivity contribution in [3.8, 4) is 5.75 Å². The van der Waals surface area contributed by atoms with Gasteiger partial charge in [-0.15, -0.1) is 11.8 Å². The summed E-state index contributed by atoms with van der Waals surface area (Å²) < 4.78 is 16.0. The van der Waals surface area contributed by atoms with Gasteiger partial charge in [0.1, 0.15) is 16.1 Å². The van der Waals surface area contributed by atoms with Crippen LogP contribution in [0, 0.1) is 0 Å². The van der Waals surface area contributed by atoms with E-state index < -0.39 is 15.8 Å². The van der Waals surface area contributed by atoms with Gasteiger partial charge in [-0.3, -0.25) is 9.59 Å². The molecule has 0 aliphatic carbocycles. The van der Waals surface area contributed by atoms with E-state index in [0.29, 0.717) is 25.4 Å². The predicted octanol–water partition coefficient (Wildman–Crippen LogP) is 4.50. The Morgan fingerprint density at radius 3 is 2.48 bits per heavy atom. The molecule has 0 amide bonds. The molecule has 0 saturated heterocycles. The van der Waals surface area contributed by atoms with E-state index in [4.69, 9.17) is 14.2 Å². The Kier molecular flexibility index (Phi) is 6.19. The van der Waals surface area contributed by atoms with E-state index in [0.717, 1.165) is 10.5 Å². The molecule has 1 aromatic rings. The van der Waals surface area contributed by atoms with E-state index in [1.807, 2.05) is 59.7 Å². The van der Waals surface area contributed by atoms with Gasteiger partial charge in [0.05, 0.1) is 23.5 Å². The maximum absolute atomic E-state index is 12.9. The van der Waals surface area contributed by atoms with Crippen molar-refractivity contribution in [2.75, 3.05) is 13.2 Å². The Labute approximate surface area is 166 Å². The van der Waals surface area contributed by atoms with Crippen LogP contribution in [-0.4, -0.2) is 35.5 Å². The molecule has 1 atom stereocenters. The van der Waals surface area contributed by atoms with E-state index in [2.05, 4.69) is 0 Å². The third kappa shape index (κ3) is 4.78. The molecule has 0 fully saturated rings. The van der Waals surface area contributed by atoms with Crippen LogP contribution in [0.15, 0.2) is 23.1 Å². The Morgan fingerprint density at radius 2 is 1.89 bits per heavy atom. The third-order valence-electron chi connectivity index (χ3n) is 4.40. The number of para-hydroxylation sites is 1. The molecule has 2 rings (SSSR count). The standard InChI is InChI=1S/C21H30O5S/c1-8-24-17(22)20(5,6)27-15-11-9-10-14-16(15)25-13-12-21(14,7)18(23)26-19(2,3)4/h9-11H,8,12-13H2,1-7H3. The number of ether oxygens (including phenoxy) is 3. The number of hydrogen-bond donors (Lipinski definition) is 0. The molecule has 5 nitrogen and oxygen atoms in total. The second-order valence-electron chi connectivity index (χ2n) is 8.40. The average molecular weight is 395 g/mol. The van der Waals surface area contributed by atoms with Crippen LogP contribution < -0.4 is 4.74 Å². The predicted molar refractivity (Wildman–Crippen MR) is 106 cm³/mol. The first-order valence-electron chi connectivity index (χ1n) is 9.27. The zero-order valence-corrected chi connectivity index (χ0v) is 18.1. The van der Waals surface area contributed by atoms with Crippen LogP contribution in [0.5, 0.6) is 5.75 Å². The second-order valence-corrected chi connectivity index (χ2v) is 10.1. The van der Waals surface area contributed by atoms with Crippen LogP contribution in [0.25, 0.3) is 0 Å². The van der Waals surface area contributed by atoms with Gasteiger partial charge in [-0.1, -0.05) is 12.1 Å². The van der Waals surface area contributed by atoms with Crippen molar-refractivity contribution in [1.29, 1.82) is 0 Å². The Morgan fingerprint density at radius 1 is 1.22 bits per heavy atom. The number of fused-ring (bicyclic) bond motifs is 1. The minimum atomic E-state index is -0.786. The molecule has 1 unspecified atom stereocenters. The first-order valence-corrected chi connectivity index (χ1v) is 10.1. The van der Waals surface area contributed by atoms with Crippen LogP contribution in [0.3, 0.4) is 0 Å². The van der Waals surface area contributed by atoms with Gasteiger partial charge in [-0.25, -0.2) is 0 Å². The number of hydrogen-bond acceptors (Lipinski definition) is 6. The Bertz CT molecular complexity index is 720. The molecule has 0 N–H and O–H groups in total. The van der Waals surface area contributed by atoms with Crippen LogP contribution in [0.1, 0.15) is 60.5 Å². The van der Waals surface area contributed by atoms with Gasteiger partial charge < -0.3 is 14.2 Å². The molecular weight excluding hydrogens is 364 g/mol. The van der Waals surface area contributed by atoms with Crippen molar-refractivity contribution in [3.05, 3.63) is 23.8 Å². The fraction of sp³-hybridized carbons (Fsp3) is 0.619. The number of benzene rings is 1. The van der Waals surface area contributed by atoms with Gasteiger partial charge in [0.15, 0.2) is 0 Å². The van der Waals surface area contributed by atoms with Crippen LogP contribution >= 0.6 is 11.8 Å². The minimum absolute atomic E-state index is 0.258. The van der Waals surface area contributed by atoms with Crippen molar-refractivity contribution in [2.24, 2.45) is 0 Å². The monoisotopic (exact) mass is 394 g/mol. The van der Waals surface area contributed by atoms with Crippen molar-refractivity contribution < 1.29 is 23.8 Å². The normalized spacial score (nSPS) is 19.7. The molecule has 1 aliphatic rings. The summed E-state index contributed by atoms with van der Waals surface area (Å²) in [5, 5.41) is 0. The number of carbonyl (C=O) groups is 2. The molecule has 6 heteroatoms. The molecule has 0 saturated carbocycles. The maximum atomic E-state index is 12.9. The molecule has 1 aliphatic heterocycles. The van der Waals surface area contributed by atoms with Gasteiger partial charge >= 0.3 is 11.9 Å². The topological polar surface area (TPSA) is 61.8 Å². The first-order chi connectivity index (χ1) is 12.4. The molecule has 0 spiro atoms. The summed E-state index contributed by atoms with van der Waals surface area (Å²) in [5.41, 5.74) is -0.546. The van der Waals surface area contributed by atoms with Crippen molar-refractivity contribution in [3.63, 3.8) is 0 Å². The quantitative estimate of drug-likeness (QED) is 0.541. The lowest BCUT2D eigenvalue weighted by Gasteiger charge is -2.37. The van der Waals surface area contributed by atoms with Crippen LogP contribution in [0.4, 0.5) is 0 Å². The fourth-order valence-corrected chi connectivity index (χ4v) is 4.00. The largest absolute Gasteiger partial charge is 0.492 e. The van der Waals surface area contributed by atoms with Gasteiger partial charge in [0, 0.05) is 12.0 Å². The maximum Gasteiger partial charge on any atom is 0.321 e. The summed E-state index contributed by atoms with van der Waals surface area (Å²) in [4.78, 5) is 26.0. The second kappa shape index (κ2) is 7.74. The van der Waals surface area contributed by atoms with Gasteiger partial charge in [0.2, 0.25) is 0 Å². The molecule has 150 valence electrons. The van der Waals surface area contributed by atoms with E-state index in [9.17, 15) is 9.59 Å². The highest BCUT2D eigenvalue weighted by Gasteiger charge is 2.44. The SMILES string of the molecule is CCOC(=O)C(C)(C)Sc1cccc2c1OCCC2(C)C(=O)OC(C)(C)C.